The van der Waals surface area contributed by atoms with Gasteiger partial charge in [0.05, 0.1) is 6.61 Å². The third-order valence-electron chi connectivity index (χ3n) is 4.15. The van der Waals surface area contributed by atoms with Crippen molar-refractivity contribution in [1.82, 2.24) is 0 Å². The summed E-state index contributed by atoms with van der Waals surface area (Å²) in [5, 5.41) is 0. The SMILES string of the molecule is CC[C@@H]1C[C@@H](CCOCc2ccccc2)CCC1=O. The van der Waals surface area contributed by atoms with Crippen molar-refractivity contribution < 1.29 is 9.53 Å². The van der Waals surface area contributed by atoms with Crippen LogP contribution >= 0.6 is 0 Å². The van der Waals surface area contributed by atoms with Crippen molar-refractivity contribution >= 4 is 5.78 Å². The van der Waals surface area contributed by atoms with Crippen LogP contribution in [0.25, 0.3) is 0 Å². The Morgan fingerprint density at radius 1 is 1.26 bits per heavy atom. The summed E-state index contributed by atoms with van der Waals surface area (Å²) in [4.78, 5) is 11.7. The lowest BCUT2D eigenvalue weighted by atomic mass is 9.78. The zero-order chi connectivity index (χ0) is 13.5. The molecule has 1 aromatic rings. The number of hydrogen-bond acceptors (Lipinski definition) is 2. The minimum atomic E-state index is 0.313. The number of rotatable bonds is 6. The van der Waals surface area contributed by atoms with Crippen LogP contribution < -0.4 is 0 Å². The first-order chi connectivity index (χ1) is 9.29. The summed E-state index contributed by atoms with van der Waals surface area (Å²) in [5.74, 6) is 1.47. The second-order valence-corrected chi connectivity index (χ2v) is 5.54. The third-order valence-corrected chi connectivity index (χ3v) is 4.15. The molecular weight excluding hydrogens is 236 g/mol. The van der Waals surface area contributed by atoms with Gasteiger partial charge in [0.2, 0.25) is 0 Å². The Kier molecular flexibility index (Phi) is 5.59. The summed E-state index contributed by atoms with van der Waals surface area (Å²) in [7, 11) is 0. The molecule has 0 amide bonds. The lowest BCUT2D eigenvalue weighted by Crippen LogP contribution is -2.25. The van der Waals surface area contributed by atoms with Gasteiger partial charge in [0.15, 0.2) is 0 Å². The van der Waals surface area contributed by atoms with Crippen molar-refractivity contribution in [1.29, 1.82) is 0 Å². The zero-order valence-electron chi connectivity index (χ0n) is 11.8. The molecule has 0 unspecified atom stereocenters. The maximum Gasteiger partial charge on any atom is 0.135 e. The summed E-state index contributed by atoms with van der Waals surface area (Å²) in [6.45, 7) is 3.63. The van der Waals surface area contributed by atoms with Gasteiger partial charge >= 0.3 is 0 Å². The lowest BCUT2D eigenvalue weighted by molar-refractivity contribution is -0.125. The van der Waals surface area contributed by atoms with Crippen LogP contribution in [0.15, 0.2) is 30.3 Å². The van der Waals surface area contributed by atoms with E-state index in [1.54, 1.807) is 0 Å². The highest BCUT2D eigenvalue weighted by Crippen LogP contribution is 2.30. The molecule has 19 heavy (non-hydrogen) atoms. The van der Waals surface area contributed by atoms with Crippen LogP contribution in [-0.4, -0.2) is 12.4 Å². The number of ether oxygens (including phenoxy) is 1. The molecule has 1 fully saturated rings. The molecule has 0 radical (unpaired) electrons. The second-order valence-electron chi connectivity index (χ2n) is 5.54. The quantitative estimate of drug-likeness (QED) is 0.723. The first-order valence-corrected chi connectivity index (χ1v) is 7.44. The molecule has 0 bridgehead atoms. The largest absolute Gasteiger partial charge is 0.377 e. The average Bonchev–Trinajstić information content (AvgIpc) is 2.46. The van der Waals surface area contributed by atoms with Crippen LogP contribution in [-0.2, 0) is 16.1 Å². The summed E-state index contributed by atoms with van der Waals surface area (Å²) >= 11 is 0. The number of carbonyl (C=O) groups is 1. The van der Waals surface area contributed by atoms with Gasteiger partial charge in [0.25, 0.3) is 0 Å². The van der Waals surface area contributed by atoms with Gasteiger partial charge in [-0.3, -0.25) is 4.79 Å². The predicted molar refractivity (Wildman–Crippen MR) is 76.8 cm³/mol. The van der Waals surface area contributed by atoms with E-state index >= 15 is 0 Å². The van der Waals surface area contributed by atoms with Crippen LogP contribution in [0, 0.1) is 11.8 Å². The van der Waals surface area contributed by atoms with Crippen LogP contribution in [0.2, 0.25) is 0 Å². The molecule has 0 aliphatic heterocycles. The highest BCUT2D eigenvalue weighted by molar-refractivity contribution is 5.81. The highest BCUT2D eigenvalue weighted by Gasteiger charge is 2.26. The summed E-state index contributed by atoms with van der Waals surface area (Å²) in [6.07, 6.45) is 5.01. The Bertz CT molecular complexity index is 386. The molecule has 0 heterocycles. The van der Waals surface area contributed by atoms with Gasteiger partial charge in [-0.2, -0.15) is 0 Å². The molecule has 1 aliphatic rings. The van der Waals surface area contributed by atoms with Crippen molar-refractivity contribution in [2.45, 2.75) is 45.6 Å². The first-order valence-electron chi connectivity index (χ1n) is 7.44. The Labute approximate surface area is 116 Å². The lowest BCUT2D eigenvalue weighted by Gasteiger charge is -2.27. The standard InChI is InChI=1S/C17H24O2/c1-2-16-12-14(8-9-17(16)18)10-11-19-13-15-6-4-3-5-7-15/h3-7,14,16H,2,8-13H2,1H3/t14-,16-/m1/s1. The summed E-state index contributed by atoms with van der Waals surface area (Å²) in [5.41, 5.74) is 1.23. The van der Waals surface area contributed by atoms with E-state index in [0.29, 0.717) is 24.2 Å². The van der Waals surface area contributed by atoms with E-state index in [0.717, 1.165) is 38.7 Å². The van der Waals surface area contributed by atoms with Gasteiger partial charge in [0.1, 0.15) is 5.78 Å². The summed E-state index contributed by atoms with van der Waals surface area (Å²) in [6, 6.07) is 10.3. The number of benzene rings is 1. The highest BCUT2D eigenvalue weighted by atomic mass is 16.5. The van der Waals surface area contributed by atoms with Crippen molar-refractivity contribution in [3.8, 4) is 0 Å². The smallest absolute Gasteiger partial charge is 0.135 e. The van der Waals surface area contributed by atoms with E-state index in [1.807, 2.05) is 18.2 Å². The molecular formula is C17H24O2. The van der Waals surface area contributed by atoms with E-state index in [-0.39, 0.29) is 0 Å². The van der Waals surface area contributed by atoms with Crippen LogP contribution in [0.4, 0.5) is 0 Å². The Morgan fingerprint density at radius 2 is 2.05 bits per heavy atom. The van der Waals surface area contributed by atoms with E-state index in [2.05, 4.69) is 19.1 Å². The molecule has 2 rings (SSSR count). The van der Waals surface area contributed by atoms with Crippen LogP contribution in [0.1, 0.15) is 44.6 Å². The number of carbonyl (C=O) groups excluding carboxylic acids is 1. The molecule has 2 nitrogen and oxygen atoms in total. The molecule has 0 spiro atoms. The van der Waals surface area contributed by atoms with E-state index in [4.69, 9.17) is 4.74 Å². The molecule has 1 aliphatic carbocycles. The summed E-state index contributed by atoms with van der Waals surface area (Å²) < 4.78 is 5.73. The second kappa shape index (κ2) is 7.44. The van der Waals surface area contributed by atoms with Gasteiger partial charge < -0.3 is 4.74 Å². The maximum atomic E-state index is 11.7. The molecule has 1 aromatic carbocycles. The van der Waals surface area contributed by atoms with E-state index in [9.17, 15) is 4.79 Å². The Balaban J connectivity index is 1.65. The molecule has 0 aromatic heterocycles. The predicted octanol–water partition coefficient (Wildman–Crippen LogP) is 3.99. The average molecular weight is 260 g/mol. The fourth-order valence-corrected chi connectivity index (χ4v) is 2.87. The van der Waals surface area contributed by atoms with Crippen molar-refractivity contribution in [2.75, 3.05) is 6.61 Å². The molecule has 104 valence electrons. The number of Topliss-reactive ketones (excluding diaryl/α,β-unsaturated/α-hetero) is 1. The van der Waals surface area contributed by atoms with Crippen LogP contribution in [0.5, 0.6) is 0 Å². The number of hydrogen-bond donors (Lipinski definition) is 0. The van der Waals surface area contributed by atoms with E-state index < -0.39 is 0 Å². The molecule has 2 heteroatoms. The van der Waals surface area contributed by atoms with Crippen molar-refractivity contribution in [3.05, 3.63) is 35.9 Å². The van der Waals surface area contributed by atoms with Gasteiger partial charge in [0, 0.05) is 18.9 Å². The van der Waals surface area contributed by atoms with Gasteiger partial charge in [-0.05, 0) is 37.2 Å². The first kappa shape index (κ1) is 14.3. The zero-order valence-corrected chi connectivity index (χ0v) is 11.8. The fourth-order valence-electron chi connectivity index (χ4n) is 2.87. The van der Waals surface area contributed by atoms with Crippen molar-refractivity contribution in [2.24, 2.45) is 11.8 Å². The minimum Gasteiger partial charge on any atom is -0.377 e. The number of ketones is 1. The Morgan fingerprint density at radius 3 is 2.79 bits per heavy atom. The molecule has 0 N–H and O–H groups in total. The Hall–Kier alpha value is -1.15. The normalized spacial score (nSPS) is 23.5. The molecule has 0 saturated heterocycles. The van der Waals surface area contributed by atoms with Gasteiger partial charge in [-0.25, -0.2) is 0 Å². The van der Waals surface area contributed by atoms with Crippen molar-refractivity contribution in [3.63, 3.8) is 0 Å². The van der Waals surface area contributed by atoms with Crippen LogP contribution in [0.3, 0.4) is 0 Å². The van der Waals surface area contributed by atoms with E-state index in [1.165, 1.54) is 5.56 Å². The van der Waals surface area contributed by atoms with Gasteiger partial charge in [-0.15, -0.1) is 0 Å². The molecule has 1 saturated carbocycles. The van der Waals surface area contributed by atoms with Gasteiger partial charge in [-0.1, -0.05) is 37.3 Å². The fraction of sp³-hybridized carbons (Fsp3) is 0.588. The third kappa shape index (κ3) is 4.46. The monoisotopic (exact) mass is 260 g/mol. The minimum absolute atomic E-state index is 0.313. The topological polar surface area (TPSA) is 26.3 Å². The molecule has 2 atom stereocenters. The maximum absolute atomic E-state index is 11.7.